The molecule has 2 aromatic carbocycles. The van der Waals surface area contributed by atoms with Gasteiger partial charge in [0.1, 0.15) is 18.2 Å². The summed E-state index contributed by atoms with van der Waals surface area (Å²) in [5.41, 5.74) is 1.71. The van der Waals surface area contributed by atoms with Crippen LogP contribution in [-0.4, -0.2) is 11.1 Å². The van der Waals surface area contributed by atoms with Crippen LogP contribution in [0, 0.1) is 17.7 Å². The van der Waals surface area contributed by atoms with E-state index in [2.05, 4.69) is 6.92 Å². The highest BCUT2D eigenvalue weighted by Gasteiger charge is 2.35. The minimum atomic E-state index is -0.853. The number of hydrogen-bond donors (Lipinski definition) is 1. The summed E-state index contributed by atoms with van der Waals surface area (Å²) in [6.07, 6.45) is 2.27. The predicted octanol–water partition coefficient (Wildman–Crippen LogP) is 5.01. The Balaban J connectivity index is 1.79. The number of aliphatic carboxylic acids is 1. The molecule has 0 heterocycles. The molecule has 3 nitrogen and oxygen atoms in total. The van der Waals surface area contributed by atoms with Crippen LogP contribution in [0.25, 0.3) is 0 Å². The largest absolute Gasteiger partial charge is 0.489 e. The lowest BCUT2D eigenvalue weighted by atomic mass is 9.82. The summed E-state index contributed by atoms with van der Waals surface area (Å²) in [5.74, 6) is -0.231. The average Bonchev–Trinajstić information content (AvgIpc) is 3.42. The molecule has 1 unspecified atom stereocenters. The molecule has 0 aromatic heterocycles. The molecule has 132 valence electrons. The van der Waals surface area contributed by atoms with Gasteiger partial charge in [-0.1, -0.05) is 37.3 Å². The summed E-state index contributed by atoms with van der Waals surface area (Å²) in [6, 6.07) is 14.3. The summed E-state index contributed by atoms with van der Waals surface area (Å²) in [7, 11) is 0. The molecule has 1 fully saturated rings. The number of rotatable bonds is 8. The molecule has 0 bridgehead atoms. The smallest absolute Gasteiger partial charge is 0.303 e. The van der Waals surface area contributed by atoms with E-state index in [0.717, 1.165) is 18.4 Å². The minimum Gasteiger partial charge on any atom is -0.489 e. The zero-order chi connectivity index (χ0) is 17.8. The van der Waals surface area contributed by atoms with Gasteiger partial charge in [-0.3, -0.25) is 4.79 Å². The van der Waals surface area contributed by atoms with Crippen LogP contribution in [-0.2, 0) is 11.4 Å². The van der Waals surface area contributed by atoms with Crippen molar-refractivity contribution in [2.45, 2.75) is 38.7 Å². The Hall–Kier alpha value is -2.36. The highest BCUT2D eigenvalue weighted by Crippen LogP contribution is 2.45. The molecule has 2 aromatic rings. The first-order valence-electron chi connectivity index (χ1n) is 8.72. The molecular weight excluding hydrogens is 319 g/mol. The lowest BCUT2D eigenvalue weighted by Gasteiger charge is -2.23. The van der Waals surface area contributed by atoms with Gasteiger partial charge >= 0.3 is 5.97 Å². The first-order chi connectivity index (χ1) is 12.0. The van der Waals surface area contributed by atoms with E-state index >= 15 is 0 Å². The molecule has 0 radical (unpaired) electrons. The van der Waals surface area contributed by atoms with Crippen LogP contribution in [0.15, 0.2) is 48.5 Å². The predicted molar refractivity (Wildman–Crippen MR) is 94.1 cm³/mol. The monoisotopic (exact) mass is 342 g/mol. The average molecular weight is 342 g/mol. The third kappa shape index (κ3) is 4.81. The molecule has 0 aliphatic heterocycles. The number of benzene rings is 2. The Labute approximate surface area is 147 Å². The quantitative estimate of drug-likeness (QED) is 0.733. The highest BCUT2D eigenvalue weighted by atomic mass is 19.1. The molecule has 2 atom stereocenters. The minimum absolute atomic E-state index is 0.0131. The Morgan fingerprint density at radius 1 is 1.24 bits per heavy atom. The van der Waals surface area contributed by atoms with Crippen LogP contribution in [0.4, 0.5) is 4.39 Å². The van der Waals surface area contributed by atoms with Gasteiger partial charge in [0.2, 0.25) is 0 Å². The topological polar surface area (TPSA) is 46.5 Å². The van der Waals surface area contributed by atoms with E-state index in [1.807, 2.05) is 30.3 Å². The molecule has 0 amide bonds. The van der Waals surface area contributed by atoms with Gasteiger partial charge in [0.15, 0.2) is 0 Å². The Morgan fingerprint density at radius 3 is 2.60 bits per heavy atom. The number of hydrogen-bond acceptors (Lipinski definition) is 2. The molecule has 1 aliphatic rings. The number of ether oxygens (including phenoxy) is 1. The second-order valence-corrected chi connectivity index (χ2v) is 6.90. The summed E-state index contributed by atoms with van der Waals surface area (Å²) < 4.78 is 19.8. The third-order valence-corrected chi connectivity index (χ3v) is 4.96. The van der Waals surface area contributed by atoms with Crippen LogP contribution >= 0.6 is 0 Å². The first kappa shape index (κ1) is 17.5. The maximum Gasteiger partial charge on any atom is 0.303 e. The van der Waals surface area contributed by atoms with Crippen molar-refractivity contribution in [2.75, 3.05) is 0 Å². The van der Waals surface area contributed by atoms with Gasteiger partial charge in [0, 0.05) is 6.07 Å². The van der Waals surface area contributed by atoms with E-state index in [-0.39, 0.29) is 24.1 Å². The third-order valence-electron chi connectivity index (χ3n) is 4.96. The molecule has 1 saturated carbocycles. The second kappa shape index (κ2) is 7.68. The van der Waals surface area contributed by atoms with E-state index < -0.39 is 5.97 Å². The van der Waals surface area contributed by atoms with Gasteiger partial charge in [0.05, 0.1) is 6.42 Å². The Bertz CT molecular complexity index is 725. The summed E-state index contributed by atoms with van der Waals surface area (Å²) in [4.78, 5) is 11.3. The number of halogens is 1. The first-order valence-corrected chi connectivity index (χ1v) is 8.72. The number of carbonyl (C=O) groups is 1. The van der Waals surface area contributed by atoms with Gasteiger partial charge in [-0.05, 0) is 53.9 Å². The van der Waals surface area contributed by atoms with Crippen molar-refractivity contribution in [3.63, 3.8) is 0 Å². The van der Waals surface area contributed by atoms with Crippen molar-refractivity contribution in [1.29, 1.82) is 0 Å². The lowest BCUT2D eigenvalue weighted by molar-refractivity contribution is -0.137. The molecule has 4 heteroatoms. The Morgan fingerprint density at radius 2 is 1.96 bits per heavy atom. The molecule has 3 rings (SSSR count). The van der Waals surface area contributed by atoms with Crippen LogP contribution < -0.4 is 4.74 Å². The highest BCUT2D eigenvalue weighted by molar-refractivity contribution is 5.68. The van der Waals surface area contributed by atoms with E-state index in [1.165, 1.54) is 12.1 Å². The Kier molecular flexibility index (Phi) is 5.37. The van der Waals surface area contributed by atoms with Crippen molar-refractivity contribution in [3.8, 4) is 5.75 Å². The number of carboxylic acids is 1. The van der Waals surface area contributed by atoms with Crippen molar-refractivity contribution in [2.24, 2.45) is 11.8 Å². The zero-order valence-corrected chi connectivity index (χ0v) is 14.3. The fourth-order valence-electron chi connectivity index (χ4n) is 3.37. The van der Waals surface area contributed by atoms with E-state index in [0.29, 0.717) is 23.8 Å². The zero-order valence-electron chi connectivity index (χ0n) is 14.3. The molecule has 1 aliphatic carbocycles. The molecule has 0 saturated heterocycles. The van der Waals surface area contributed by atoms with Crippen molar-refractivity contribution >= 4 is 5.97 Å². The standard InChI is InChI=1S/C21H23FO3/c1-14(16-7-8-16)20(12-21(23)24)17-9-18(22)11-19(10-17)25-13-15-5-3-2-4-6-15/h2-6,9-11,14,16,20H,7-8,12-13H2,1H3,(H,23,24)/t14?,20-/m0/s1. The van der Waals surface area contributed by atoms with Gasteiger partial charge in [-0.15, -0.1) is 0 Å². The van der Waals surface area contributed by atoms with Crippen molar-refractivity contribution < 1.29 is 19.0 Å². The molecule has 0 spiro atoms. The maximum atomic E-state index is 14.1. The van der Waals surface area contributed by atoms with Crippen molar-refractivity contribution in [3.05, 3.63) is 65.5 Å². The SMILES string of the molecule is CC(C1CC1)[C@H](CC(=O)O)c1cc(F)cc(OCc2ccccc2)c1. The van der Waals surface area contributed by atoms with Gasteiger partial charge < -0.3 is 9.84 Å². The van der Waals surface area contributed by atoms with Crippen LogP contribution in [0.5, 0.6) is 5.75 Å². The van der Waals surface area contributed by atoms with Crippen LogP contribution in [0.2, 0.25) is 0 Å². The summed E-state index contributed by atoms with van der Waals surface area (Å²) in [5, 5.41) is 9.26. The normalized spacial score (nSPS) is 16.2. The van der Waals surface area contributed by atoms with Crippen LogP contribution in [0.3, 0.4) is 0 Å². The van der Waals surface area contributed by atoms with Gasteiger partial charge in [-0.2, -0.15) is 0 Å². The number of carboxylic acid groups (broad SMARTS) is 1. The summed E-state index contributed by atoms with van der Waals surface area (Å²) >= 11 is 0. The fourth-order valence-corrected chi connectivity index (χ4v) is 3.37. The summed E-state index contributed by atoms with van der Waals surface area (Å²) in [6.45, 7) is 2.42. The van der Waals surface area contributed by atoms with E-state index in [9.17, 15) is 14.3 Å². The second-order valence-electron chi connectivity index (χ2n) is 6.90. The van der Waals surface area contributed by atoms with Crippen LogP contribution in [0.1, 0.15) is 43.2 Å². The lowest BCUT2D eigenvalue weighted by Crippen LogP contribution is -2.16. The fraction of sp³-hybridized carbons (Fsp3) is 0.381. The van der Waals surface area contributed by atoms with E-state index in [4.69, 9.17) is 4.74 Å². The van der Waals surface area contributed by atoms with E-state index in [1.54, 1.807) is 6.07 Å². The molecular formula is C21H23FO3. The maximum absolute atomic E-state index is 14.1. The molecule has 1 N–H and O–H groups in total. The molecule has 25 heavy (non-hydrogen) atoms. The van der Waals surface area contributed by atoms with Crippen molar-refractivity contribution in [1.82, 2.24) is 0 Å². The van der Waals surface area contributed by atoms with Gasteiger partial charge in [0.25, 0.3) is 0 Å². The van der Waals surface area contributed by atoms with Gasteiger partial charge in [-0.25, -0.2) is 4.39 Å².